The standard InChI is InChI=1S/C13H19NOS/c1-3-11-9(2)8-12(16-11)13(15)14-10-6-4-5-7-10/h8,10H,3-7H2,1-2H3,(H,14,15). The fourth-order valence-electron chi connectivity index (χ4n) is 2.31. The van der Waals surface area contributed by atoms with E-state index < -0.39 is 0 Å². The van der Waals surface area contributed by atoms with Gasteiger partial charge >= 0.3 is 0 Å². The first-order valence-electron chi connectivity index (χ1n) is 6.11. The van der Waals surface area contributed by atoms with Crippen molar-refractivity contribution < 1.29 is 4.79 Å². The molecule has 2 rings (SSSR count). The average Bonchev–Trinajstić information content (AvgIpc) is 2.87. The maximum atomic E-state index is 12.0. The molecular formula is C13H19NOS. The maximum Gasteiger partial charge on any atom is 0.261 e. The van der Waals surface area contributed by atoms with Crippen LogP contribution in [0.5, 0.6) is 0 Å². The Labute approximate surface area is 101 Å². The molecule has 88 valence electrons. The number of carbonyl (C=O) groups excluding carboxylic acids is 1. The highest BCUT2D eigenvalue weighted by Gasteiger charge is 2.19. The third kappa shape index (κ3) is 2.46. The van der Waals surface area contributed by atoms with E-state index in [1.165, 1.54) is 23.3 Å². The van der Waals surface area contributed by atoms with Gasteiger partial charge in [0.1, 0.15) is 0 Å². The topological polar surface area (TPSA) is 29.1 Å². The highest BCUT2D eigenvalue weighted by Crippen LogP contribution is 2.23. The van der Waals surface area contributed by atoms with Crippen molar-refractivity contribution in [3.63, 3.8) is 0 Å². The number of aryl methyl sites for hydroxylation is 2. The van der Waals surface area contributed by atoms with Crippen molar-refractivity contribution in [1.29, 1.82) is 0 Å². The van der Waals surface area contributed by atoms with E-state index in [1.54, 1.807) is 11.3 Å². The summed E-state index contributed by atoms with van der Waals surface area (Å²) in [6.07, 6.45) is 5.84. The smallest absolute Gasteiger partial charge is 0.261 e. The molecule has 1 aromatic rings. The molecule has 1 heterocycles. The lowest BCUT2D eigenvalue weighted by atomic mass is 10.2. The first kappa shape index (κ1) is 11.6. The quantitative estimate of drug-likeness (QED) is 0.858. The number of carbonyl (C=O) groups is 1. The van der Waals surface area contributed by atoms with Crippen LogP contribution >= 0.6 is 11.3 Å². The molecule has 3 heteroatoms. The molecule has 16 heavy (non-hydrogen) atoms. The van der Waals surface area contributed by atoms with Crippen molar-refractivity contribution in [2.75, 3.05) is 0 Å². The van der Waals surface area contributed by atoms with Crippen LogP contribution in [-0.4, -0.2) is 11.9 Å². The van der Waals surface area contributed by atoms with Gasteiger partial charge in [0.15, 0.2) is 0 Å². The molecule has 0 atom stereocenters. The fraction of sp³-hybridized carbons (Fsp3) is 0.615. The van der Waals surface area contributed by atoms with Crippen LogP contribution in [-0.2, 0) is 6.42 Å². The van der Waals surface area contributed by atoms with Crippen molar-refractivity contribution in [2.24, 2.45) is 0 Å². The monoisotopic (exact) mass is 237 g/mol. The summed E-state index contributed by atoms with van der Waals surface area (Å²) in [5.74, 6) is 0.125. The Bertz CT molecular complexity index is 377. The van der Waals surface area contributed by atoms with E-state index in [0.29, 0.717) is 6.04 Å². The Kier molecular flexibility index (Phi) is 3.64. The van der Waals surface area contributed by atoms with Gasteiger partial charge in [-0.3, -0.25) is 4.79 Å². The van der Waals surface area contributed by atoms with Gasteiger partial charge in [-0.05, 0) is 37.8 Å². The largest absolute Gasteiger partial charge is 0.349 e. The molecule has 0 radical (unpaired) electrons. The van der Waals surface area contributed by atoms with Crippen molar-refractivity contribution in [1.82, 2.24) is 5.32 Å². The number of thiophene rings is 1. The van der Waals surface area contributed by atoms with Gasteiger partial charge < -0.3 is 5.32 Å². The van der Waals surface area contributed by atoms with E-state index in [1.807, 2.05) is 6.07 Å². The SMILES string of the molecule is CCc1sc(C(=O)NC2CCCC2)cc1C. The number of nitrogens with one attached hydrogen (secondary N) is 1. The van der Waals surface area contributed by atoms with Gasteiger partial charge in [0.2, 0.25) is 0 Å². The molecule has 0 aliphatic heterocycles. The van der Waals surface area contributed by atoms with Gasteiger partial charge in [-0.1, -0.05) is 19.8 Å². The molecular weight excluding hydrogens is 218 g/mol. The predicted molar refractivity (Wildman–Crippen MR) is 68.2 cm³/mol. The first-order valence-corrected chi connectivity index (χ1v) is 6.92. The molecule has 2 nitrogen and oxygen atoms in total. The fourth-order valence-corrected chi connectivity index (χ4v) is 3.33. The van der Waals surface area contributed by atoms with E-state index in [9.17, 15) is 4.79 Å². The van der Waals surface area contributed by atoms with Gasteiger partial charge in [0.05, 0.1) is 4.88 Å². The Morgan fingerprint density at radius 1 is 1.50 bits per heavy atom. The lowest BCUT2D eigenvalue weighted by molar-refractivity contribution is 0.0942. The molecule has 0 saturated heterocycles. The molecule has 1 aliphatic carbocycles. The van der Waals surface area contributed by atoms with Crippen LogP contribution in [0.15, 0.2) is 6.07 Å². The zero-order chi connectivity index (χ0) is 11.5. The van der Waals surface area contributed by atoms with Crippen LogP contribution in [0.3, 0.4) is 0 Å². The zero-order valence-electron chi connectivity index (χ0n) is 10.0. The Hall–Kier alpha value is -0.830. The second-order valence-electron chi connectivity index (χ2n) is 4.53. The minimum Gasteiger partial charge on any atom is -0.349 e. The van der Waals surface area contributed by atoms with Crippen molar-refractivity contribution >= 4 is 17.2 Å². The van der Waals surface area contributed by atoms with Crippen LogP contribution < -0.4 is 5.32 Å². The summed E-state index contributed by atoms with van der Waals surface area (Å²) in [6, 6.07) is 2.44. The maximum absolute atomic E-state index is 12.0. The van der Waals surface area contributed by atoms with Crippen molar-refractivity contribution in [3.8, 4) is 0 Å². The molecule has 0 spiro atoms. The lowest BCUT2D eigenvalue weighted by Gasteiger charge is -2.10. The molecule has 1 aromatic heterocycles. The Morgan fingerprint density at radius 3 is 2.75 bits per heavy atom. The average molecular weight is 237 g/mol. The van der Waals surface area contributed by atoms with Gasteiger partial charge in [-0.25, -0.2) is 0 Å². The van der Waals surface area contributed by atoms with E-state index >= 15 is 0 Å². The molecule has 0 unspecified atom stereocenters. The number of amides is 1. The predicted octanol–water partition coefficient (Wildman–Crippen LogP) is 3.29. The minimum absolute atomic E-state index is 0.125. The van der Waals surface area contributed by atoms with E-state index in [4.69, 9.17) is 0 Å². The second kappa shape index (κ2) is 5.00. The summed E-state index contributed by atoms with van der Waals surface area (Å²) in [6.45, 7) is 4.22. The van der Waals surface area contributed by atoms with Crippen LogP contribution in [0.25, 0.3) is 0 Å². The van der Waals surface area contributed by atoms with Crippen molar-refractivity contribution in [2.45, 2.75) is 52.0 Å². The third-order valence-corrected chi connectivity index (χ3v) is 4.64. The van der Waals surface area contributed by atoms with Crippen molar-refractivity contribution in [3.05, 3.63) is 21.4 Å². The number of hydrogen-bond acceptors (Lipinski definition) is 2. The minimum atomic E-state index is 0.125. The number of hydrogen-bond donors (Lipinski definition) is 1. The summed E-state index contributed by atoms with van der Waals surface area (Å²) >= 11 is 1.64. The highest BCUT2D eigenvalue weighted by atomic mass is 32.1. The van der Waals surface area contributed by atoms with Crippen LogP contribution in [0.1, 0.15) is 52.7 Å². The summed E-state index contributed by atoms with van der Waals surface area (Å²) in [7, 11) is 0. The van der Waals surface area contributed by atoms with Crippen LogP contribution in [0, 0.1) is 6.92 Å². The molecule has 1 N–H and O–H groups in total. The molecule has 0 aromatic carbocycles. The molecule has 1 amide bonds. The van der Waals surface area contributed by atoms with Gasteiger partial charge in [0, 0.05) is 10.9 Å². The number of rotatable bonds is 3. The summed E-state index contributed by atoms with van der Waals surface area (Å²) < 4.78 is 0. The van der Waals surface area contributed by atoms with Crippen LogP contribution in [0.2, 0.25) is 0 Å². The normalized spacial score (nSPS) is 16.6. The van der Waals surface area contributed by atoms with Crippen LogP contribution in [0.4, 0.5) is 0 Å². The molecule has 1 aliphatic rings. The van der Waals surface area contributed by atoms with E-state index in [0.717, 1.165) is 24.1 Å². The van der Waals surface area contributed by atoms with E-state index in [2.05, 4.69) is 19.2 Å². The summed E-state index contributed by atoms with van der Waals surface area (Å²) in [5, 5.41) is 3.13. The molecule has 0 bridgehead atoms. The van der Waals surface area contributed by atoms with Gasteiger partial charge in [-0.2, -0.15) is 0 Å². The van der Waals surface area contributed by atoms with E-state index in [-0.39, 0.29) is 5.91 Å². The zero-order valence-corrected chi connectivity index (χ0v) is 10.8. The summed E-state index contributed by atoms with van der Waals surface area (Å²) in [4.78, 5) is 14.2. The Morgan fingerprint density at radius 2 is 2.19 bits per heavy atom. The third-order valence-electron chi connectivity index (χ3n) is 3.26. The molecule has 1 fully saturated rings. The Balaban J connectivity index is 2.02. The summed E-state index contributed by atoms with van der Waals surface area (Å²) in [5.41, 5.74) is 1.25. The molecule has 1 saturated carbocycles. The van der Waals surface area contributed by atoms with Gasteiger partial charge in [-0.15, -0.1) is 11.3 Å². The highest BCUT2D eigenvalue weighted by molar-refractivity contribution is 7.14. The first-order chi connectivity index (χ1) is 7.70. The second-order valence-corrected chi connectivity index (χ2v) is 5.66. The lowest BCUT2D eigenvalue weighted by Crippen LogP contribution is -2.31. The van der Waals surface area contributed by atoms with Gasteiger partial charge in [0.25, 0.3) is 5.91 Å².